The zero-order valence-electron chi connectivity index (χ0n) is 19.1. The first-order chi connectivity index (χ1) is 17.3. The van der Waals surface area contributed by atoms with Crippen LogP contribution in [-0.2, 0) is 10.3 Å². The van der Waals surface area contributed by atoms with Crippen LogP contribution in [0.2, 0.25) is 0 Å². The number of benzene rings is 1. The molecule has 2 atom stereocenters. The van der Waals surface area contributed by atoms with Gasteiger partial charge in [0.1, 0.15) is 17.3 Å². The molecule has 178 valence electrons. The van der Waals surface area contributed by atoms with Crippen molar-refractivity contribution in [2.45, 2.75) is 5.54 Å². The van der Waals surface area contributed by atoms with Crippen LogP contribution in [0, 0.1) is 34.0 Å². The molecule has 3 aromatic rings. The average molecular weight is 497 g/mol. The number of pyridine rings is 1. The average Bonchev–Trinajstić information content (AvgIpc) is 3.53. The Morgan fingerprint density at radius 1 is 1.25 bits per heavy atom. The minimum absolute atomic E-state index is 0.0451. The molecule has 2 aliphatic heterocycles. The Bertz CT molecular complexity index is 1500. The number of anilines is 1. The van der Waals surface area contributed by atoms with E-state index in [1.165, 1.54) is 35.5 Å². The maximum absolute atomic E-state index is 13.3. The zero-order valence-corrected chi connectivity index (χ0v) is 20.0. The second-order valence-corrected chi connectivity index (χ2v) is 9.83. The van der Waals surface area contributed by atoms with Crippen LogP contribution in [0.1, 0.15) is 26.5 Å². The quantitative estimate of drug-likeness (QED) is 0.467. The minimum atomic E-state index is -0.988. The number of nitrogens with one attached hydrogen (secondary N) is 2. The lowest BCUT2D eigenvalue weighted by atomic mass is 9.83. The highest BCUT2D eigenvalue weighted by Crippen LogP contribution is 2.45. The number of aromatic nitrogens is 1. The summed E-state index contributed by atoms with van der Waals surface area (Å²) in [6.07, 6.45) is 1.36. The molecule has 0 saturated carbocycles. The Morgan fingerprint density at radius 3 is 2.75 bits per heavy atom. The fraction of sp³-hybridized carbons (Fsp3) is 0.200. The van der Waals surface area contributed by atoms with Crippen molar-refractivity contribution in [2.75, 3.05) is 25.9 Å². The van der Waals surface area contributed by atoms with Gasteiger partial charge in [0.05, 0.1) is 23.1 Å². The Hall–Kier alpha value is -4.74. The molecule has 4 N–H and O–H groups in total. The maximum atomic E-state index is 13.3. The van der Waals surface area contributed by atoms with Crippen molar-refractivity contribution < 1.29 is 9.59 Å². The van der Waals surface area contributed by atoms with Gasteiger partial charge in [-0.25, -0.2) is 4.98 Å². The van der Waals surface area contributed by atoms with Crippen LogP contribution in [0.15, 0.2) is 48.7 Å². The van der Waals surface area contributed by atoms with Crippen LogP contribution in [0.5, 0.6) is 0 Å². The lowest BCUT2D eigenvalue weighted by molar-refractivity contribution is -0.134. The van der Waals surface area contributed by atoms with Crippen molar-refractivity contribution in [3.05, 3.63) is 70.4 Å². The Labute approximate surface area is 210 Å². The van der Waals surface area contributed by atoms with Crippen molar-refractivity contribution in [2.24, 2.45) is 5.92 Å². The topological polar surface area (TPSA) is 163 Å². The maximum Gasteiger partial charge on any atom is 0.255 e. The van der Waals surface area contributed by atoms with E-state index in [2.05, 4.69) is 16.4 Å². The molecule has 5 rings (SSSR count). The highest BCUT2D eigenvalue weighted by Gasteiger charge is 2.57. The number of likely N-dealkylation sites (tertiary alicyclic amines) is 1. The van der Waals surface area contributed by atoms with E-state index >= 15 is 0 Å². The van der Waals surface area contributed by atoms with E-state index in [0.717, 1.165) is 15.3 Å². The number of fused-ring (bicyclic) bond motifs is 1. The third-order valence-corrected chi connectivity index (χ3v) is 7.88. The third kappa shape index (κ3) is 3.63. The van der Waals surface area contributed by atoms with E-state index in [4.69, 9.17) is 16.4 Å². The van der Waals surface area contributed by atoms with Gasteiger partial charge < -0.3 is 16.0 Å². The van der Waals surface area contributed by atoms with Crippen LogP contribution in [0.25, 0.3) is 10.4 Å². The van der Waals surface area contributed by atoms with Crippen LogP contribution in [-0.4, -0.2) is 52.7 Å². The molecular weight excluding hydrogens is 476 g/mol. The van der Waals surface area contributed by atoms with Crippen molar-refractivity contribution in [1.29, 1.82) is 15.9 Å². The van der Waals surface area contributed by atoms with Crippen molar-refractivity contribution in [1.82, 2.24) is 20.1 Å². The Morgan fingerprint density at radius 2 is 2.06 bits per heavy atom. The molecule has 11 heteroatoms. The van der Waals surface area contributed by atoms with Crippen molar-refractivity contribution in [3.63, 3.8) is 0 Å². The summed E-state index contributed by atoms with van der Waals surface area (Å²) in [5.41, 5.74) is 7.20. The number of amides is 2. The molecule has 2 saturated heterocycles. The highest BCUT2D eigenvalue weighted by molar-refractivity contribution is 7.15. The van der Waals surface area contributed by atoms with Gasteiger partial charge in [0.2, 0.25) is 5.91 Å². The highest BCUT2D eigenvalue weighted by atomic mass is 32.1. The molecule has 2 amide bonds. The molecule has 2 aliphatic rings. The Balaban J connectivity index is 1.54. The van der Waals surface area contributed by atoms with Crippen LogP contribution in [0.3, 0.4) is 0 Å². The number of carbonyl (C=O) groups is 2. The summed E-state index contributed by atoms with van der Waals surface area (Å²) in [5.74, 6) is -1.22. The molecule has 2 fully saturated rings. The van der Waals surface area contributed by atoms with E-state index in [0.29, 0.717) is 16.8 Å². The van der Waals surface area contributed by atoms with Crippen LogP contribution < -0.4 is 11.1 Å². The molecule has 0 unspecified atom stereocenters. The smallest absolute Gasteiger partial charge is 0.255 e. The normalized spacial score (nSPS) is 20.9. The number of hydrogen-bond donors (Lipinski definition) is 3. The minimum Gasteiger partial charge on any atom is -0.399 e. The largest absolute Gasteiger partial charge is 0.399 e. The fourth-order valence-electron chi connectivity index (χ4n) is 4.73. The van der Waals surface area contributed by atoms with E-state index in [9.17, 15) is 14.9 Å². The summed E-state index contributed by atoms with van der Waals surface area (Å²) < 4.78 is 0. The lowest BCUT2D eigenvalue weighted by Gasteiger charge is -2.42. The first kappa shape index (κ1) is 23.0. The molecule has 36 heavy (non-hydrogen) atoms. The second-order valence-electron chi connectivity index (χ2n) is 8.74. The molecule has 0 aliphatic carbocycles. The summed E-state index contributed by atoms with van der Waals surface area (Å²) in [5, 5.41) is 29.9. The standard InChI is InChI=1S/C25H20N8O2S/c1-32-23(35)19-12-33(22(34)15-2-3-18(10-27)30-11-15)13-25(19,31-24(32)29)21-5-4-20(36-21)16-6-14(9-26)7-17(28)8-16/h2-8,11,19H,12-13,28H2,1H3,(H2,29,31)/t19-,25-/m0/s1. The summed E-state index contributed by atoms with van der Waals surface area (Å²) in [4.78, 5) is 35.1. The molecule has 1 aromatic carbocycles. The number of guanidine groups is 1. The van der Waals surface area contributed by atoms with Crippen LogP contribution >= 0.6 is 11.3 Å². The van der Waals surface area contributed by atoms with Crippen molar-refractivity contribution in [3.8, 4) is 22.6 Å². The molecule has 4 heterocycles. The molecule has 10 nitrogen and oxygen atoms in total. The van der Waals surface area contributed by atoms with Crippen LogP contribution in [0.4, 0.5) is 5.69 Å². The predicted molar refractivity (Wildman–Crippen MR) is 133 cm³/mol. The number of rotatable bonds is 3. The third-order valence-electron chi connectivity index (χ3n) is 6.57. The molecule has 0 spiro atoms. The molecule has 0 bridgehead atoms. The summed E-state index contributed by atoms with van der Waals surface area (Å²) in [7, 11) is 1.53. The van der Waals surface area contributed by atoms with E-state index in [-0.39, 0.29) is 36.6 Å². The Kier molecular flexibility index (Phi) is 5.43. The summed E-state index contributed by atoms with van der Waals surface area (Å²) >= 11 is 1.43. The number of nitrogens with two attached hydrogens (primary N) is 1. The predicted octanol–water partition coefficient (Wildman–Crippen LogP) is 2.10. The van der Waals surface area contributed by atoms with Gasteiger partial charge in [-0.1, -0.05) is 0 Å². The number of carbonyl (C=O) groups excluding carboxylic acids is 2. The van der Waals surface area contributed by atoms with E-state index in [1.807, 2.05) is 18.2 Å². The molecule has 0 radical (unpaired) electrons. The molecule has 2 aromatic heterocycles. The van der Waals surface area contributed by atoms with Gasteiger partial charge in [-0.15, -0.1) is 11.3 Å². The van der Waals surface area contributed by atoms with Gasteiger partial charge in [0.15, 0.2) is 5.96 Å². The second kappa shape index (κ2) is 8.48. The van der Waals surface area contributed by atoms with Gasteiger partial charge in [-0.05, 0) is 48.0 Å². The van der Waals surface area contributed by atoms with E-state index in [1.54, 1.807) is 29.2 Å². The van der Waals surface area contributed by atoms with Gasteiger partial charge in [-0.3, -0.25) is 19.9 Å². The number of nitrogens with zero attached hydrogens (tertiary/aromatic N) is 5. The zero-order chi connectivity index (χ0) is 25.6. The number of nitriles is 2. The number of nitrogen functional groups attached to an aromatic ring is 1. The van der Waals surface area contributed by atoms with Gasteiger partial charge in [-0.2, -0.15) is 10.5 Å². The van der Waals surface area contributed by atoms with Gasteiger partial charge in [0.25, 0.3) is 5.91 Å². The number of thiophene rings is 1. The lowest BCUT2D eigenvalue weighted by Crippen LogP contribution is -2.64. The number of hydrogen-bond acceptors (Lipinski definition) is 8. The monoisotopic (exact) mass is 496 g/mol. The van der Waals surface area contributed by atoms with Crippen molar-refractivity contribution >= 4 is 34.8 Å². The summed E-state index contributed by atoms with van der Waals surface area (Å²) in [6, 6.07) is 16.0. The van der Waals surface area contributed by atoms with Gasteiger partial charge in [0, 0.05) is 41.8 Å². The summed E-state index contributed by atoms with van der Waals surface area (Å²) in [6.45, 7) is 0.325. The van der Waals surface area contributed by atoms with Gasteiger partial charge >= 0.3 is 0 Å². The van der Waals surface area contributed by atoms with E-state index < -0.39 is 11.5 Å². The molecular formula is C25H20N8O2S. The fourth-order valence-corrected chi connectivity index (χ4v) is 5.92. The first-order valence-electron chi connectivity index (χ1n) is 11.0. The first-order valence-corrected chi connectivity index (χ1v) is 11.8. The SMILES string of the molecule is CN1C(=N)N[C@@]2(c3ccc(-c4cc(N)cc(C#N)c4)s3)CN(C(=O)c3ccc(C#N)nc3)C[C@H]2C1=O.